The first-order chi connectivity index (χ1) is 6.72. The molecule has 0 bridgehead atoms. The van der Waals surface area contributed by atoms with Gasteiger partial charge in [-0.15, -0.1) is 0 Å². The molecule has 0 amide bonds. The van der Waals surface area contributed by atoms with E-state index in [4.69, 9.17) is 5.11 Å². The Morgan fingerprint density at radius 2 is 2.00 bits per heavy atom. The van der Waals surface area contributed by atoms with Crippen LogP contribution in [0, 0.1) is 4.91 Å². The third kappa shape index (κ3) is 3.01. The van der Waals surface area contributed by atoms with Gasteiger partial charge < -0.3 is 9.59 Å². The average molecular weight is 202 g/mol. The fourth-order valence-corrected chi connectivity index (χ4v) is 2.01. The van der Waals surface area contributed by atoms with Crippen molar-refractivity contribution < 1.29 is 9.59 Å². The maximum absolute atomic E-state index is 10.1. The molecule has 0 aromatic rings. The number of aliphatic hydroxyl groups is 1. The summed E-state index contributed by atoms with van der Waals surface area (Å²) < 4.78 is 0.854. The second-order valence-corrected chi connectivity index (χ2v) is 4.12. The van der Waals surface area contributed by atoms with E-state index in [2.05, 4.69) is 17.1 Å². The van der Waals surface area contributed by atoms with Crippen LogP contribution in [0.15, 0.2) is 5.18 Å². The molecule has 0 spiro atoms. The van der Waals surface area contributed by atoms with E-state index in [9.17, 15) is 4.91 Å². The first-order valence-electron chi connectivity index (χ1n) is 5.16. The van der Waals surface area contributed by atoms with Crippen LogP contribution < -0.4 is 0 Å². The maximum Gasteiger partial charge on any atom is 0.130 e. The Morgan fingerprint density at radius 3 is 2.50 bits per heavy atom. The van der Waals surface area contributed by atoms with Gasteiger partial charge in [0.15, 0.2) is 0 Å². The highest BCUT2D eigenvalue weighted by Gasteiger charge is 2.30. The third-order valence-corrected chi connectivity index (χ3v) is 3.15. The van der Waals surface area contributed by atoms with Crippen molar-refractivity contribution in [3.05, 3.63) is 4.91 Å². The summed E-state index contributed by atoms with van der Waals surface area (Å²) in [6.07, 6.45) is 0. The van der Waals surface area contributed by atoms with Crippen LogP contribution >= 0.6 is 0 Å². The lowest BCUT2D eigenvalue weighted by atomic mass is 10.2. The fourth-order valence-electron chi connectivity index (χ4n) is 2.01. The van der Waals surface area contributed by atoms with Crippen molar-refractivity contribution in [2.24, 2.45) is 5.18 Å². The minimum absolute atomic E-state index is 0.197. The van der Waals surface area contributed by atoms with Gasteiger partial charge in [-0.25, -0.2) is 0 Å². The van der Waals surface area contributed by atoms with Gasteiger partial charge >= 0.3 is 0 Å². The predicted molar refractivity (Wildman–Crippen MR) is 55.0 cm³/mol. The van der Waals surface area contributed by atoms with Crippen LogP contribution in [0.2, 0.25) is 0 Å². The molecule has 0 saturated carbocycles. The number of nitroso groups, excluding NO2 is 1. The van der Waals surface area contributed by atoms with Gasteiger partial charge in [-0.05, 0) is 7.05 Å². The van der Waals surface area contributed by atoms with Crippen LogP contribution in [-0.4, -0.2) is 74.0 Å². The third-order valence-electron chi connectivity index (χ3n) is 3.15. The van der Waals surface area contributed by atoms with Crippen molar-refractivity contribution in [1.82, 2.24) is 4.90 Å². The summed E-state index contributed by atoms with van der Waals surface area (Å²) in [5, 5.41) is 11.9. The van der Waals surface area contributed by atoms with Crippen LogP contribution in [0.1, 0.15) is 0 Å². The Labute approximate surface area is 84.9 Å². The number of likely N-dealkylation sites (N-methyl/N-ethyl adjacent to an activating group) is 1. The predicted octanol–water partition coefficient (Wildman–Crippen LogP) is -0.493. The monoisotopic (exact) mass is 202 g/mol. The van der Waals surface area contributed by atoms with E-state index < -0.39 is 0 Å². The smallest absolute Gasteiger partial charge is 0.130 e. The van der Waals surface area contributed by atoms with Crippen molar-refractivity contribution in [2.45, 2.75) is 0 Å². The molecule has 1 rings (SSSR count). The van der Waals surface area contributed by atoms with Gasteiger partial charge in [-0.1, -0.05) is 5.18 Å². The Morgan fingerprint density at radius 1 is 1.36 bits per heavy atom. The number of piperazine rings is 1. The van der Waals surface area contributed by atoms with E-state index in [1.54, 1.807) is 0 Å². The van der Waals surface area contributed by atoms with Crippen LogP contribution in [0.4, 0.5) is 0 Å². The van der Waals surface area contributed by atoms with Crippen LogP contribution in [0.3, 0.4) is 0 Å². The second kappa shape index (κ2) is 5.38. The molecule has 1 N–H and O–H groups in total. The molecule has 0 aromatic carbocycles. The molecule has 14 heavy (non-hydrogen) atoms. The molecule has 0 unspecified atom stereocenters. The summed E-state index contributed by atoms with van der Waals surface area (Å²) in [6.45, 7) is 6.21. The first-order valence-corrected chi connectivity index (χ1v) is 5.16. The van der Waals surface area contributed by atoms with Gasteiger partial charge in [0.2, 0.25) is 0 Å². The molecule has 1 fully saturated rings. The van der Waals surface area contributed by atoms with Crippen LogP contribution in [0.5, 0.6) is 0 Å². The average Bonchev–Trinajstić information content (AvgIpc) is 2.20. The lowest BCUT2D eigenvalue weighted by Gasteiger charge is -2.43. The number of quaternary nitrogens is 1. The SMILES string of the molecule is CN1CC[N+](CCO)(CCN=O)CC1. The molecule has 82 valence electrons. The lowest BCUT2D eigenvalue weighted by molar-refractivity contribution is -0.930. The van der Waals surface area contributed by atoms with E-state index >= 15 is 0 Å². The Hall–Kier alpha value is -0.520. The van der Waals surface area contributed by atoms with Crippen molar-refractivity contribution in [3.8, 4) is 0 Å². The quantitative estimate of drug-likeness (QED) is 0.483. The van der Waals surface area contributed by atoms with Crippen molar-refractivity contribution >= 4 is 0 Å². The van der Waals surface area contributed by atoms with Crippen molar-refractivity contribution in [1.29, 1.82) is 0 Å². The summed E-state index contributed by atoms with van der Waals surface area (Å²) in [6, 6.07) is 0. The first kappa shape index (κ1) is 11.6. The van der Waals surface area contributed by atoms with Gasteiger partial charge in [-0.2, -0.15) is 4.91 Å². The molecule has 0 aromatic heterocycles. The highest BCUT2D eigenvalue weighted by Crippen LogP contribution is 2.11. The standard InChI is InChI=1S/C9H20N3O2/c1-11-3-6-12(7-4-11,8-9-13)5-2-10-14/h13H,2-9H2,1H3/q+1. The topological polar surface area (TPSA) is 52.9 Å². The lowest BCUT2D eigenvalue weighted by Crippen LogP contribution is -2.60. The molecular formula is C9H20N3O2+. The Bertz CT molecular complexity index is 179. The summed E-state index contributed by atoms with van der Waals surface area (Å²) in [5.74, 6) is 0. The van der Waals surface area contributed by atoms with Gasteiger partial charge in [-0.3, -0.25) is 4.90 Å². The van der Waals surface area contributed by atoms with E-state index in [1.807, 2.05) is 0 Å². The molecule has 1 aliphatic heterocycles. The fraction of sp³-hybridized carbons (Fsp3) is 1.00. The second-order valence-electron chi connectivity index (χ2n) is 4.12. The van der Waals surface area contributed by atoms with Crippen molar-refractivity contribution in [3.63, 3.8) is 0 Å². The number of hydrogen-bond donors (Lipinski definition) is 1. The van der Waals surface area contributed by atoms with E-state index in [0.29, 0.717) is 6.54 Å². The van der Waals surface area contributed by atoms with Gasteiger partial charge in [0.1, 0.15) is 19.6 Å². The summed E-state index contributed by atoms with van der Waals surface area (Å²) in [4.78, 5) is 12.4. The molecule has 1 saturated heterocycles. The largest absolute Gasteiger partial charge is 0.391 e. The summed E-state index contributed by atoms with van der Waals surface area (Å²) >= 11 is 0. The minimum Gasteiger partial charge on any atom is -0.391 e. The van der Waals surface area contributed by atoms with Crippen molar-refractivity contribution in [2.75, 3.05) is 59.5 Å². The normalized spacial score (nSPS) is 22.1. The number of nitrogens with zero attached hydrogens (tertiary/aromatic N) is 3. The van der Waals surface area contributed by atoms with E-state index in [1.165, 1.54) is 0 Å². The minimum atomic E-state index is 0.197. The zero-order valence-corrected chi connectivity index (χ0v) is 8.85. The highest BCUT2D eigenvalue weighted by atomic mass is 16.3. The van der Waals surface area contributed by atoms with E-state index in [-0.39, 0.29) is 6.61 Å². The van der Waals surface area contributed by atoms with Crippen LogP contribution in [0.25, 0.3) is 0 Å². The molecule has 5 nitrogen and oxygen atoms in total. The molecule has 1 aliphatic rings. The highest BCUT2D eigenvalue weighted by molar-refractivity contribution is 4.60. The van der Waals surface area contributed by atoms with E-state index in [0.717, 1.165) is 43.8 Å². The molecule has 5 heteroatoms. The molecule has 1 heterocycles. The van der Waals surface area contributed by atoms with Crippen LogP contribution in [-0.2, 0) is 0 Å². The number of aliphatic hydroxyl groups excluding tert-OH is 1. The van der Waals surface area contributed by atoms with Gasteiger partial charge in [0.25, 0.3) is 0 Å². The van der Waals surface area contributed by atoms with Gasteiger partial charge in [0, 0.05) is 13.1 Å². The molecule has 0 aliphatic carbocycles. The number of hydrogen-bond acceptors (Lipinski definition) is 4. The summed E-state index contributed by atoms with van der Waals surface area (Å²) in [5.41, 5.74) is 0. The zero-order chi connectivity index (χ0) is 10.4. The zero-order valence-electron chi connectivity index (χ0n) is 8.85. The molecule has 0 atom stereocenters. The van der Waals surface area contributed by atoms with Gasteiger partial charge in [0.05, 0.1) is 19.7 Å². The molecular weight excluding hydrogens is 182 g/mol. The molecule has 0 radical (unpaired) electrons. The Balaban J connectivity index is 2.48. The Kier molecular flexibility index (Phi) is 4.44. The number of rotatable bonds is 5. The maximum atomic E-state index is 10.1. The summed E-state index contributed by atoms with van der Waals surface area (Å²) in [7, 11) is 2.10.